The molecule has 0 aliphatic carbocycles. The molecular formula is C3H8LaO4. The largest absolute Gasteiger partial charge is 0.479 e. The van der Waals surface area contributed by atoms with Gasteiger partial charge in [0.15, 0.2) is 0 Å². The van der Waals surface area contributed by atoms with Gasteiger partial charge in [-0.15, -0.1) is 0 Å². The fraction of sp³-hybridized carbons (Fsp3) is 0.667. The second-order valence-corrected chi connectivity index (χ2v) is 1.01. The van der Waals surface area contributed by atoms with Crippen LogP contribution in [0.2, 0.25) is 0 Å². The molecule has 0 saturated carbocycles. The van der Waals surface area contributed by atoms with Crippen LogP contribution >= 0.6 is 0 Å². The van der Waals surface area contributed by atoms with Crippen LogP contribution in [0.1, 0.15) is 6.92 Å². The maximum atomic E-state index is 9.45. The number of hydrogen-bond acceptors (Lipinski definition) is 2. The molecule has 1 radical (unpaired) electrons. The Balaban J connectivity index is -0.000000125. The van der Waals surface area contributed by atoms with Crippen molar-refractivity contribution in [2.45, 2.75) is 13.0 Å². The second-order valence-electron chi connectivity index (χ2n) is 1.01. The molecule has 0 saturated heterocycles. The van der Waals surface area contributed by atoms with Crippen molar-refractivity contribution >= 4 is 5.97 Å². The van der Waals surface area contributed by atoms with E-state index in [1.807, 2.05) is 0 Å². The van der Waals surface area contributed by atoms with E-state index in [0.29, 0.717) is 0 Å². The molecule has 0 spiro atoms. The topological polar surface area (TPSA) is 89.0 Å². The van der Waals surface area contributed by atoms with E-state index in [2.05, 4.69) is 0 Å². The van der Waals surface area contributed by atoms with Crippen molar-refractivity contribution in [2.24, 2.45) is 0 Å². The van der Waals surface area contributed by atoms with Crippen LogP contribution in [-0.2, 0) is 4.79 Å². The third-order valence-electron chi connectivity index (χ3n) is 0.357. The zero-order valence-corrected chi connectivity index (χ0v) is 8.08. The number of carbonyl (C=O) groups is 1. The molecule has 8 heavy (non-hydrogen) atoms. The maximum absolute atomic E-state index is 9.45. The molecule has 0 aromatic rings. The number of carboxylic acid groups (broad SMARTS) is 1. The van der Waals surface area contributed by atoms with Crippen molar-refractivity contribution in [3.8, 4) is 0 Å². The molecule has 0 heterocycles. The van der Waals surface area contributed by atoms with Crippen molar-refractivity contribution in [3.05, 3.63) is 0 Å². The molecule has 0 aliphatic heterocycles. The van der Waals surface area contributed by atoms with Crippen LogP contribution in [0.15, 0.2) is 0 Å². The first-order valence-electron chi connectivity index (χ1n) is 1.55. The molecule has 4 N–H and O–H groups in total. The average Bonchev–Trinajstić information content (AvgIpc) is 1.36. The fourth-order valence-electron chi connectivity index (χ4n) is 0. The Labute approximate surface area is 74.8 Å². The predicted octanol–water partition coefficient (Wildman–Crippen LogP) is -1.37. The van der Waals surface area contributed by atoms with Gasteiger partial charge in [0.25, 0.3) is 0 Å². The van der Waals surface area contributed by atoms with Crippen molar-refractivity contribution in [1.82, 2.24) is 0 Å². The van der Waals surface area contributed by atoms with Crippen LogP contribution < -0.4 is 0 Å². The summed E-state index contributed by atoms with van der Waals surface area (Å²) in [5.41, 5.74) is 0. The quantitative estimate of drug-likeness (QED) is 0.598. The molecule has 4 nitrogen and oxygen atoms in total. The van der Waals surface area contributed by atoms with Crippen molar-refractivity contribution in [3.63, 3.8) is 0 Å². The SMILES string of the molecule is CC(O)C(=O)O.O.[La]. The first-order valence-corrected chi connectivity index (χ1v) is 1.55. The molecular weight excluding hydrogens is 239 g/mol. The predicted molar refractivity (Wildman–Crippen MR) is 22.9 cm³/mol. The van der Waals surface area contributed by atoms with Gasteiger partial charge in [-0.2, -0.15) is 0 Å². The van der Waals surface area contributed by atoms with Crippen LogP contribution in [0.25, 0.3) is 0 Å². The van der Waals surface area contributed by atoms with Crippen molar-refractivity contribution in [1.29, 1.82) is 0 Å². The van der Waals surface area contributed by atoms with Crippen molar-refractivity contribution in [2.75, 3.05) is 0 Å². The molecule has 5 heteroatoms. The molecule has 0 fully saturated rings. The zero-order chi connectivity index (χ0) is 5.15. The third kappa shape index (κ3) is 9.77. The van der Waals surface area contributed by atoms with Gasteiger partial charge in [-0.25, -0.2) is 4.79 Å². The second kappa shape index (κ2) is 7.58. The van der Waals surface area contributed by atoms with Crippen LogP contribution in [0.5, 0.6) is 0 Å². The number of hydrogen-bond donors (Lipinski definition) is 2. The Kier molecular flexibility index (Phi) is 15.0. The summed E-state index contributed by atoms with van der Waals surface area (Å²) in [5.74, 6) is -1.19. The summed E-state index contributed by atoms with van der Waals surface area (Å²) in [6, 6.07) is 0. The molecule has 0 aromatic carbocycles. The Morgan fingerprint density at radius 3 is 1.75 bits per heavy atom. The van der Waals surface area contributed by atoms with Gasteiger partial charge in [-0.05, 0) is 6.92 Å². The minimum atomic E-state index is -1.23. The van der Waals surface area contributed by atoms with Gasteiger partial charge in [0.05, 0.1) is 0 Å². The fourth-order valence-corrected chi connectivity index (χ4v) is 0. The van der Waals surface area contributed by atoms with E-state index in [1.54, 1.807) is 0 Å². The monoisotopic (exact) mass is 247 g/mol. The standard InChI is InChI=1S/C3H6O3.La.H2O/c1-2(4)3(5)6;;/h2,4H,1H3,(H,5,6);;1H2. The first kappa shape index (κ1) is 15.8. The van der Waals surface area contributed by atoms with Crippen LogP contribution in [-0.4, -0.2) is 27.8 Å². The van der Waals surface area contributed by atoms with E-state index in [9.17, 15) is 4.79 Å². The maximum Gasteiger partial charge on any atom is 0.332 e. The molecule has 1 unspecified atom stereocenters. The Morgan fingerprint density at radius 1 is 1.62 bits per heavy atom. The van der Waals surface area contributed by atoms with Crippen LogP contribution in [0.4, 0.5) is 0 Å². The summed E-state index contributed by atoms with van der Waals surface area (Å²) in [6.45, 7) is 1.20. The minimum Gasteiger partial charge on any atom is -0.479 e. The molecule has 0 aromatic heterocycles. The third-order valence-corrected chi connectivity index (χ3v) is 0.357. The number of aliphatic hydroxyl groups is 1. The first-order chi connectivity index (χ1) is 2.64. The van der Waals surface area contributed by atoms with Crippen molar-refractivity contribution < 1.29 is 56.1 Å². The Morgan fingerprint density at radius 2 is 1.75 bits per heavy atom. The van der Waals surface area contributed by atoms with E-state index in [-0.39, 0.29) is 41.1 Å². The molecule has 47 valence electrons. The Hall–Kier alpha value is 0.585. The zero-order valence-electron chi connectivity index (χ0n) is 4.46. The number of aliphatic carboxylic acids is 1. The van der Waals surface area contributed by atoms with E-state index in [4.69, 9.17) is 10.2 Å². The molecule has 0 rings (SSSR count). The van der Waals surface area contributed by atoms with Gasteiger partial charge in [0, 0.05) is 35.6 Å². The number of carboxylic acids is 1. The van der Waals surface area contributed by atoms with Crippen LogP contribution in [0, 0.1) is 35.6 Å². The molecule has 0 bridgehead atoms. The van der Waals surface area contributed by atoms with Gasteiger partial charge in [0.1, 0.15) is 6.10 Å². The van der Waals surface area contributed by atoms with Gasteiger partial charge in [0.2, 0.25) is 0 Å². The van der Waals surface area contributed by atoms with Gasteiger partial charge in [-0.1, -0.05) is 0 Å². The summed E-state index contributed by atoms with van der Waals surface area (Å²) in [6.07, 6.45) is -1.23. The molecule has 1 atom stereocenters. The normalized spacial score (nSPS) is 10.2. The van der Waals surface area contributed by atoms with Crippen LogP contribution in [0.3, 0.4) is 0 Å². The molecule has 0 amide bonds. The van der Waals surface area contributed by atoms with Gasteiger partial charge < -0.3 is 15.7 Å². The minimum absolute atomic E-state index is 0. The average molecular weight is 247 g/mol. The summed E-state index contributed by atoms with van der Waals surface area (Å²) in [4.78, 5) is 9.45. The molecule has 0 aliphatic rings. The van der Waals surface area contributed by atoms with Gasteiger partial charge in [-0.3, -0.25) is 0 Å². The summed E-state index contributed by atoms with van der Waals surface area (Å²) >= 11 is 0. The van der Waals surface area contributed by atoms with E-state index >= 15 is 0 Å². The van der Waals surface area contributed by atoms with E-state index in [0.717, 1.165) is 0 Å². The Bertz CT molecular complexity index is 62.3. The van der Waals surface area contributed by atoms with Gasteiger partial charge >= 0.3 is 5.97 Å². The summed E-state index contributed by atoms with van der Waals surface area (Å²) in [5, 5.41) is 15.8. The number of rotatable bonds is 1. The summed E-state index contributed by atoms with van der Waals surface area (Å²) in [7, 11) is 0. The van der Waals surface area contributed by atoms with E-state index in [1.165, 1.54) is 6.92 Å². The van der Waals surface area contributed by atoms with E-state index < -0.39 is 12.1 Å². The smallest absolute Gasteiger partial charge is 0.332 e. The number of aliphatic hydroxyl groups excluding tert-OH is 1. The summed E-state index contributed by atoms with van der Waals surface area (Å²) < 4.78 is 0.